The molecule has 0 bridgehead atoms. The van der Waals surface area contributed by atoms with E-state index in [2.05, 4.69) is 36.1 Å². The molecule has 3 nitrogen and oxygen atoms in total. The number of hydrogen-bond donors (Lipinski definition) is 1. The number of hydrogen-bond acceptors (Lipinski definition) is 3. The molecule has 0 aliphatic rings. The summed E-state index contributed by atoms with van der Waals surface area (Å²) in [7, 11) is 0. The Balaban J connectivity index is 2.28. The van der Waals surface area contributed by atoms with Crippen molar-refractivity contribution in [3.8, 4) is 0 Å². The summed E-state index contributed by atoms with van der Waals surface area (Å²) >= 11 is 12.3. The third-order valence-electron chi connectivity index (χ3n) is 3.10. The number of nitrogens with zero attached hydrogens (tertiary/aromatic N) is 2. The van der Waals surface area contributed by atoms with Gasteiger partial charge in [0.1, 0.15) is 16.8 Å². The lowest BCUT2D eigenvalue weighted by Crippen LogP contribution is -2.18. The summed E-state index contributed by atoms with van der Waals surface area (Å²) in [5, 5.41) is 4.50. The zero-order valence-corrected chi connectivity index (χ0v) is 14.1. The molecule has 2 rings (SSSR count). The van der Waals surface area contributed by atoms with Crippen molar-refractivity contribution in [1.29, 1.82) is 0 Å². The third kappa shape index (κ3) is 4.08. The van der Waals surface area contributed by atoms with Crippen LogP contribution in [0.4, 0.5) is 5.82 Å². The minimum absolute atomic E-state index is 0.0254. The minimum Gasteiger partial charge on any atom is -0.363 e. The molecule has 1 atom stereocenters. The Labute approximate surface area is 135 Å². The lowest BCUT2D eigenvalue weighted by atomic mass is 9.96. The SMILES string of the molecule is CC(Nc1cc(Cl)nc(C(C)(C)C)n1)c1ccccc1Cl. The van der Waals surface area contributed by atoms with E-state index in [9.17, 15) is 0 Å². The van der Waals surface area contributed by atoms with E-state index < -0.39 is 0 Å². The van der Waals surface area contributed by atoms with Crippen LogP contribution in [0.3, 0.4) is 0 Å². The van der Waals surface area contributed by atoms with Gasteiger partial charge in [0.05, 0.1) is 6.04 Å². The standard InChI is InChI=1S/C16H19Cl2N3/c1-10(11-7-5-6-8-12(11)17)19-14-9-13(18)20-15(21-14)16(2,3)4/h5-10H,1-4H3,(H,19,20,21). The molecule has 1 heterocycles. The maximum Gasteiger partial charge on any atom is 0.137 e. The van der Waals surface area contributed by atoms with Crippen molar-refractivity contribution >= 4 is 29.0 Å². The van der Waals surface area contributed by atoms with Crippen LogP contribution in [-0.4, -0.2) is 9.97 Å². The van der Waals surface area contributed by atoms with Gasteiger partial charge in [-0.2, -0.15) is 0 Å². The second kappa shape index (κ2) is 6.20. The summed E-state index contributed by atoms with van der Waals surface area (Å²) in [6, 6.07) is 9.50. The first-order valence-electron chi connectivity index (χ1n) is 6.83. The molecule has 0 aliphatic carbocycles. The topological polar surface area (TPSA) is 37.8 Å². The van der Waals surface area contributed by atoms with E-state index in [0.717, 1.165) is 10.6 Å². The lowest BCUT2D eigenvalue weighted by molar-refractivity contribution is 0.545. The van der Waals surface area contributed by atoms with Crippen molar-refractivity contribution in [2.45, 2.75) is 39.2 Å². The first kappa shape index (κ1) is 16.1. The molecule has 0 aliphatic heterocycles. The Morgan fingerprint density at radius 3 is 2.38 bits per heavy atom. The molecular formula is C16H19Cl2N3. The van der Waals surface area contributed by atoms with Crippen LogP contribution in [-0.2, 0) is 5.41 Å². The number of nitrogens with one attached hydrogen (secondary N) is 1. The Morgan fingerprint density at radius 2 is 1.76 bits per heavy atom. The second-order valence-corrected chi connectivity index (χ2v) is 6.83. The number of aromatic nitrogens is 2. The van der Waals surface area contributed by atoms with E-state index in [0.29, 0.717) is 16.8 Å². The first-order valence-corrected chi connectivity index (χ1v) is 7.59. The van der Waals surface area contributed by atoms with Crippen molar-refractivity contribution < 1.29 is 0 Å². The molecule has 5 heteroatoms. The van der Waals surface area contributed by atoms with Crippen molar-refractivity contribution in [3.05, 3.63) is 51.9 Å². The van der Waals surface area contributed by atoms with Crippen molar-refractivity contribution in [1.82, 2.24) is 9.97 Å². The highest BCUT2D eigenvalue weighted by atomic mass is 35.5. The van der Waals surface area contributed by atoms with E-state index in [1.807, 2.05) is 31.2 Å². The van der Waals surface area contributed by atoms with Gasteiger partial charge in [-0.05, 0) is 18.6 Å². The van der Waals surface area contributed by atoms with E-state index in [4.69, 9.17) is 23.2 Å². The highest BCUT2D eigenvalue weighted by molar-refractivity contribution is 6.31. The predicted octanol–water partition coefficient (Wildman–Crippen LogP) is 5.25. The van der Waals surface area contributed by atoms with Gasteiger partial charge in [-0.3, -0.25) is 0 Å². The van der Waals surface area contributed by atoms with Crippen LogP contribution in [0.5, 0.6) is 0 Å². The Morgan fingerprint density at radius 1 is 1.10 bits per heavy atom. The fourth-order valence-electron chi connectivity index (χ4n) is 1.95. The van der Waals surface area contributed by atoms with Crippen LogP contribution in [0, 0.1) is 0 Å². The van der Waals surface area contributed by atoms with Crippen LogP contribution in [0.2, 0.25) is 10.2 Å². The molecule has 1 aromatic heterocycles. The Bertz CT molecular complexity index is 636. The minimum atomic E-state index is -0.158. The Kier molecular flexibility index (Phi) is 4.74. The fraction of sp³-hybridized carbons (Fsp3) is 0.375. The zero-order chi connectivity index (χ0) is 15.6. The van der Waals surface area contributed by atoms with Crippen LogP contribution < -0.4 is 5.32 Å². The normalized spacial score (nSPS) is 13.0. The summed E-state index contributed by atoms with van der Waals surface area (Å²) in [4.78, 5) is 8.84. The van der Waals surface area contributed by atoms with Gasteiger partial charge in [-0.15, -0.1) is 0 Å². The van der Waals surface area contributed by atoms with Gasteiger partial charge in [-0.25, -0.2) is 9.97 Å². The van der Waals surface area contributed by atoms with Crippen LogP contribution in [0.15, 0.2) is 30.3 Å². The molecular weight excluding hydrogens is 305 g/mol. The summed E-state index contributed by atoms with van der Waals surface area (Å²) in [6.45, 7) is 8.20. The molecule has 2 aromatic rings. The van der Waals surface area contributed by atoms with Gasteiger partial charge in [0, 0.05) is 16.5 Å². The quantitative estimate of drug-likeness (QED) is 0.783. The van der Waals surface area contributed by atoms with Crippen LogP contribution in [0.1, 0.15) is 45.1 Å². The zero-order valence-electron chi connectivity index (χ0n) is 12.6. The van der Waals surface area contributed by atoms with Gasteiger partial charge in [0.2, 0.25) is 0 Å². The number of benzene rings is 1. The molecule has 1 N–H and O–H groups in total. The maximum absolute atomic E-state index is 6.22. The lowest BCUT2D eigenvalue weighted by Gasteiger charge is -2.20. The predicted molar refractivity (Wildman–Crippen MR) is 89.2 cm³/mol. The summed E-state index contributed by atoms with van der Waals surface area (Å²) in [5.41, 5.74) is 0.862. The average molecular weight is 324 g/mol. The van der Waals surface area contributed by atoms with Crippen molar-refractivity contribution in [2.75, 3.05) is 5.32 Å². The maximum atomic E-state index is 6.22. The molecule has 21 heavy (non-hydrogen) atoms. The Hall–Kier alpha value is -1.32. The van der Waals surface area contributed by atoms with Gasteiger partial charge in [-0.1, -0.05) is 62.2 Å². The fourth-order valence-corrected chi connectivity index (χ4v) is 2.44. The van der Waals surface area contributed by atoms with E-state index >= 15 is 0 Å². The van der Waals surface area contributed by atoms with Crippen LogP contribution in [0.25, 0.3) is 0 Å². The first-order chi connectivity index (χ1) is 9.77. The number of halogens is 2. The van der Waals surface area contributed by atoms with E-state index in [-0.39, 0.29) is 11.5 Å². The molecule has 0 spiro atoms. The molecule has 1 unspecified atom stereocenters. The van der Waals surface area contributed by atoms with Gasteiger partial charge < -0.3 is 5.32 Å². The highest BCUT2D eigenvalue weighted by Gasteiger charge is 2.19. The molecule has 0 saturated heterocycles. The number of rotatable bonds is 3. The summed E-state index contributed by atoms with van der Waals surface area (Å²) in [6.07, 6.45) is 0. The molecule has 0 amide bonds. The molecule has 0 saturated carbocycles. The largest absolute Gasteiger partial charge is 0.363 e. The second-order valence-electron chi connectivity index (χ2n) is 6.04. The smallest absolute Gasteiger partial charge is 0.137 e. The summed E-state index contributed by atoms with van der Waals surface area (Å²) in [5.74, 6) is 1.41. The van der Waals surface area contributed by atoms with Gasteiger partial charge in [0.25, 0.3) is 0 Å². The molecule has 112 valence electrons. The van der Waals surface area contributed by atoms with Crippen LogP contribution >= 0.6 is 23.2 Å². The molecule has 0 fully saturated rings. The van der Waals surface area contributed by atoms with Gasteiger partial charge in [0.15, 0.2) is 0 Å². The summed E-state index contributed by atoms with van der Waals surface area (Å²) < 4.78 is 0. The van der Waals surface area contributed by atoms with E-state index in [1.54, 1.807) is 6.07 Å². The van der Waals surface area contributed by atoms with E-state index in [1.165, 1.54) is 0 Å². The third-order valence-corrected chi connectivity index (χ3v) is 3.64. The number of anilines is 1. The van der Waals surface area contributed by atoms with Gasteiger partial charge >= 0.3 is 0 Å². The molecule has 0 radical (unpaired) electrons. The highest BCUT2D eigenvalue weighted by Crippen LogP contribution is 2.27. The monoisotopic (exact) mass is 323 g/mol. The molecule has 1 aromatic carbocycles. The van der Waals surface area contributed by atoms with Crippen molar-refractivity contribution in [3.63, 3.8) is 0 Å². The van der Waals surface area contributed by atoms with Crippen molar-refractivity contribution in [2.24, 2.45) is 0 Å². The average Bonchev–Trinajstić information content (AvgIpc) is 2.37.